The Morgan fingerprint density at radius 1 is 0.583 bits per heavy atom. The smallest absolute Gasteiger partial charge is 0.308 e. The van der Waals surface area contributed by atoms with Crippen molar-refractivity contribution in [1.82, 2.24) is 0 Å². The second kappa shape index (κ2) is 24.1. The van der Waals surface area contributed by atoms with Gasteiger partial charge in [0.25, 0.3) is 0 Å². The molecule has 0 spiro atoms. The number of rotatable bonds is 17. The number of hydrogen-bond acceptors (Lipinski definition) is 23. The van der Waals surface area contributed by atoms with Crippen molar-refractivity contribution in [3.8, 4) is 34.3 Å². The largest absolute Gasteiger partial charge is 0.497 e. The molecule has 2 aliphatic heterocycles. The Hall–Kier alpha value is -7.53. The fraction of sp³-hybridized carbons (Fsp3) is 0.490. The van der Waals surface area contributed by atoms with Gasteiger partial charge in [-0.05, 0) is 51.5 Å². The van der Waals surface area contributed by atoms with Gasteiger partial charge >= 0.3 is 47.8 Å². The first-order valence-electron chi connectivity index (χ1n) is 22.3. The molecular formula is C49H56O23. The molecule has 0 bridgehead atoms. The molecule has 0 saturated carbocycles. The third kappa shape index (κ3) is 13.9. The van der Waals surface area contributed by atoms with E-state index in [0.717, 1.165) is 67.0 Å². The molecule has 23 nitrogen and oxygen atoms in total. The second-order valence-corrected chi connectivity index (χ2v) is 16.7. The fourth-order valence-corrected chi connectivity index (χ4v) is 7.81. The zero-order valence-electron chi connectivity index (χ0n) is 41.5. The van der Waals surface area contributed by atoms with Gasteiger partial charge in [-0.2, -0.15) is 0 Å². The lowest BCUT2D eigenvalue weighted by Crippen LogP contribution is -2.63. The Bertz CT molecular complexity index is 2640. The summed E-state index contributed by atoms with van der Waals surface area (Å²) in [7, 11) is 1.43. The third-order valence-electron chi connectivity index (χ3n) is 10.5. The normalized spacial score (nSPS) is 23.5. The van der Waals surface area contributed by atoms with Gasteiger partial charge < -0.3 is 66.0 Å². The topological polar surface area (TPSA) is 287 Å². The molecule has 0 amide bonds. The summed E-state index contributed by atoms with van der Waals surface area (Å²) in [6, 6.07) is 7.26. The average Bonchev–Trinajstić information content (AvgIpc) is 3.26. The molecule has 10 unspecified atom stereocenters. The van der Waals surface area contributed by atoms with Crippen LogP contribution < -0.4 is 24.4 Å². The predicted molar refractivity (Wildman–Crippen MR) is 243 cm³/mol. The van der Waals surface area contributed by atoms with Crippen LogP contribution in [0.1, 0.15) is 81.7 Å². The van der Waals surface area contributed by atoms with Crippen LogP contribution in [-0.2, 0) is 87.4 Å². The molecular weight excluding hydrogens is 957 g/mol. The van der Waals surface area contributed by atoms with Crippen molar-refractivity contribution >= 4 is 58.7 Å². The molecule has 72 heavy (non-hydrogen) atoms. The summed E-state index contributed by atoms with van der Waals surface area (Å²) < 4.78 is 81.6. The Kier molecular flexibility index (Phi) is 18.5. The summed E-state index contributed by atoms with van der Waals surface area (Å²) in [6.07, 6.45) is -14.0. The van der Waals surface area contributed by atoms with Gasteiger partial charge in [-0.25, -0.2) is 0 Å². The number of benzene rings is 2. The lowest BCUT2D eigenvalue weighted by atomic mass is 9.97. The van der Waals surface area contributed by atoms with Gasteiger partial charge in [0, 0.05) is 72.6 Å². The van der Waals surface area contributed by atoms with Gasteiger partial charge in [0.05, 0.1) is 13.2 Å². The maximum Gasteiger partial charge on any atom is 0.308 e. The minimum absolute atomic E-state index is 0.0767. The number of ether oxygens (including phenoxy) is 13. The molecule has 0 N–H and O–H groups in total. The second-order valence-electron chi connectivity index (χ2n) is 16.7. The van der Waals surface area contributed by atoms with Crippen molar-refractivity contribution < 1.29 is 104 Å². The molecule has 3 aromatic rings. The van der Waals surface area contributed by atoms with Crippen LogP contribution in [-0.4, -0.2) is 123 Å². The maximum absolute atomic E-state index is 15.4. The number of fused-ring (bicyclic) bond motifs is 1. The van der Waals surface area contributed by atoms with Gasteiger partial charge in [-0.3, -0.25) is 43.2 Å². The van der Waals surface area contributed by atoms with Crippen LogP contribution in [0, 0.1) is 0 Å². The summed E-state index contributed by atoms with van der Waals surface area (Å²) in [6.45, 7) is 13.0. The Balaban J connectivity index is 1.85. The van der Waals surface area contributed by atoms with E-state index in [1.54, 1.807) is 32.1 Å². The zero-order chi connectivity index (χ0) is 53.3. The van der Waals surface area contributed by atoms with Gasteiger partial charge in [-0.15, -0.1) is 0 Å². The quantitative estimate of drug-likeness (QED) is 0.0789. The first kappa shape index (κ1) is 55.4. The van der Waals surface area contributed by atoms with Crippen LogP contribution in [0.2, 0.25) is 0 Å². The van der Waals surface area contributed by atoms with Crippen molar-refractivity contribution in [2.24, 2.45) is 0 Å². The third-order valence-corrected chi connectivity index (χ3v) is 10.5. The lowest BCUT2D eigenvalue weighted by Gasteiger charge is -2.44. The number of allylic oxidation sites excluding steroid dienone is 2. The number of carbonyl (C=O) groups is 8. The van der Waals surface area contributed by atoms with Crippen LogP contribution >= 0.6 is 0 Å². The van der Waals surface area contributed by atoms with E-state index in [4.69, 9.17) is 66.0 Å². The first-order chi connectivity index (χ1) is 33.9. The Morgan fingerprint density at radius 2 is 1.08 bits per heavy atom. The minimum atomic E-state index is -1.81. The SMILES string of the molecule is COc1ccc(-c2oc3c(CC=C(C)C)c(OC4OC(COC(C)=O)C(OC(C)=O)C(OC(C)=O)C4OC(C)=O)cc(OC(C)=O)c3c(=O)c2OC2OC(C)C(OC(C)=O)C(OC(C)=O)C2OC(C)=O)cc1. The van der Waals surface area contributed by atoms with Crippen LogP contribution in [0.15, 0.2) is 51.2 Å². The Labute approximate surface area is 412 Å². The highest BCUT2D eigenvalue weighted by atomic mass is 16.7. The summed E-state index contributed by atoms with van der Waals surface area (Å²) in [5, 5.41) is -0.411. The summed E-state index contributed by atoms with van der Waals surface area (Å²) >= 11 is 0. The van der Waals surface area contributed by atoms with Crippen LogP contribution in [0.3, 0.4) is 0 Å². The lowest BCUT2D eigenvalue weighted by molar-refractivity contribution is -0.288. The molecule has 1 aromatic heterocycles. The van der Waals surface area contributed by atoms with Crippen LogP contribution in [0.5, 0.6) is 23.0 Å². The van der Waals surface area contributed by atoms with Crippen LogP contribution in [0.25, 0.3) is 22.3 Å². The average molecular weight is 1010 g/mol. The number of methoxy groups -OCH3 is 1. The molecule has 2 saturated heterocycles. The number of carbonyl (C=O) groups excluding carboxylic acids is 8. The van der Waals surface area contributed by atoms with Crippen LogP contribution in [0.4, 0.5) is 0 Å². The molecule has 2 aliphatic rings. The number of hydrogen-bond donors (Lipinski definition) is 0. The monoisotopic (exact) mass is 1010 g/mol. The zero-order valence-corrected chi connectivity index (χ0v) is 41.5. The highest BCUT2D eigenvalue weighted by Gasteiger charge is 2.54. The molecule has 390 valence electrons. The van der Waals surface area contributed by atoms with Crippen molar-refractivity contribution in [1.29, 1.82) is 0 Å². The van der Waals surface area contributed by atoms with E-state index < -0.39 is 138 Å². The van der Waals surface area contributed by atoms with E-state index in [1.165, 1.54) is 26.2 Å². The fourth-order valence-electron chi connectivity index (χ4n) is 7.81. The van der Waals surface area contributed by atoms with Gasteiger partial charge in [-0.1, -0.05) is 11.6 Å². The summed E-state index contributed by atoms with van der Waals surface area (Å²) in [5.74, 6) is -8.17. The molecule has 0 aliphatic carbocycles. The van der Waals surface area contributed by atoms with E-state index in [-0.39, 0.29) is 34.6 Å². The van der Waals surface area contributed by atoms with Gasteiger partial charge in [0.2, 0.25) is 36.0 Å². The maximum atomic E-state index is 15.4. The summed E-state index contributed by atoms with van der Waals surface area (Å²) in [4.78, 5) is 116. The first-order valence-corrected chi connectivity index (χ1v) is 22.3. The van der Waals surface area contributed by atoms with Gasteiger partial charge in [0.15, 0.2) is 30.2 Å². The van der Waals surface area contributed by atoms with Crippen molar-refractivity contribution in [2.45, 2.75) is 144 Å². The molecule has 5 rings (SSSR count). The standard InChI is InChI=1S/C49H56O23/c1-21(2)13-18-33-34(69-49-47(68-30(11)57)45(66-28(9)55)42(64-26(7)53)36(70-49)20-60-23(4)50)19-35(62-24(5)51)37-38(58)43(40(71-41(33)37)31-14-16-32(59-12)17-15-31)72-48-46(67-29(10)56)44(65-27(8)54)39(22(3)61-48)63-25(6)52/h13-17,19,22,36,39,42,44-49H,18,20H2,1-12H3. The van der Waals surface area contributed by atoms with Crippen molar-refractivity contribution in [3.63, 3.8) is 0 Å². The molecule has 0 radical (unpaired) electrons. The van der Waals surface area contributed by atoms with E-state index in [9.17, 15) is 38.4 Å². The molecule has 3 heterocycles. The van der Waals surface area contributed by atoms with E-state index in [0.29, 0.717) is 5.75 Å². The van der Waals surface area contributed by atoms with Gasteiger partial charge in [0.1, 0.15) is 40.9 Å². The highest BCUT2D eigenvalue weighted by Crippen LogP contribution is 2.43. The van der Waals surface area contributed by atoms with E-state index in [1.807, 2.05) is 0 Å². The molecule has 23 heteroatoms. The highest BCUT2D eigenvalue weighted by molar-refractivity contribution is 5.93. The summed E-state index contributed by atoms with van der Waals surface area (Å²) in [5.41, 5.74) is -0.248. The minimum Gasteiger partial charge on any atom is -0.497 e. The van der Waals surface area contributed by atoms with Crippen molar-refractivity contribution in [3.05, 3.63) is 57.8 Å². The van der Waals surface area contributed by atoms with E-state index in [2.05, 4.69) is 0 Å². The Morgan fingerprint density at radius 3 is 1.58 bits per heavy atom. The predicted octanol–water partition coefficient (Wildman–Crippen LogP) is 4.28. The van der Waals surface area contributed by atoms with Crippen molar-refractivity contribution in [2.75, 3.05) is 13.7 Å². The molecule has 10 atom stereocenters. The van der Waals surface area contributed by atoms with E-state index >= 15 is 4.79 Å². The molecule has 2 fully saturated rings. The molecule has 2 aromatic carbocycles. The number of esters is 8.